The number of hydrogen-bond acceptors (Lipinski definition) is 2. The van der Waals surface area contributed by atoms with Crippen LogP contribution < -0.4 is 5.32 Å². The van der Waals surface area contributed by atoms with Crippen LogP contribution in [0.5, 0.6) is 0 Å². The first-order valence-electron chi connectivity index (χ1n) is 7.26. The Hall–Kier alpha value is -1.12. The molecular weight excluding hydrogens is 262 g/mol. The largest absolute Gasteiger partial charge is 0.309 e. The van der Waals surface area contributed by atoms with Crippen molar-refractivity contribution in [1.82, 2.24) is 5.32 Å². The van der Waals surface area contributed by atoms with Crippen LogP contribution in [-0.4, -0.2) is 6.54 Å². The number of aryl methyl sites for hydroxylation is 2. The molecule has 1 aromatic heterocycles. The zero-order chi connectivity index (χ0) is 14.8. The van der Waals surface area contributed by atoms with Crippen LogP contribution in [0.25, 0.3) is 0 Å². The quantitative estimate of drug-likeness (QED) is 0.816. The van der Waals surface area contributed by atoms with Gasteiger partial charge in [0.25, 0.3) is 0 Å². The van der Waals surface area contributed by atoms with E-state index in [-0.39, 0.29) is 5.41 Å². The van der Waals surface area contributed by atoms with Gasteiger partial charge < -0.3 is 5.32 Å². The molecule has 0 aliphatic heterocycles. The predicted octanol–water partition coefficient (Wildman–Crippen LogP) is 4.99. The first-order valence-corrected chi connectivity index (χ1v) is 8.07. The molecule has 2 aromatic rings. The number of benzene rings is 1. The average Bonchev–Trinajstić information content (AvgIpc) is 2.76. The van der Waals surface area contributed by atoms with E-state index in [0.717, 1.165) is 6.54 Å². The van der Waals surface area contributed by atoms with Crippen molar-refractivity contribution in [2.24, 2.45) is 0 Å². The summed E-state index contributed by atoms with van der Waals surface area (Å²) in [4.78, 5) is 2.83. The molecule has 1 atom stereocenters. The Labute approximate surface area is 127 Å². The van der Waals surface area contributed by atoms with E-state index in [9.17, 15) is 0 Å². The fourth-order valence-electron chi connectivity index (χ4n) is 2.59. The van der Waals surface area contributed by atoms with Crippen LogP contribution in [0.15, 0.2) is 36.4 Å². The van der Waals surface area contributed by atoms with Crippen molar-refractivity contribution in [2.75, 3.05) is 6.54 Å². The Morgan fingerprint density at radius 1 is 1.15 bits per heavy atom. The topological polar surface area (TPSA) is 12.0 Å². The Morgan fingerprint density at radius 2 is 1.80 bits per heavy atom. The van der Waals surface area contributed by atoms with Crippen LogP contribution in [0.3, 0.4) is 0 Å². The molecule has 1 heterocycles. The fourth-order valence-corrected chi connectivity index (χ4v) is 3.61. The van der Waals surface area contributed by atoms with Gasteiger partial charge in [-0.25, -0.2) is 0 Å². The summed E-state index contributed by atoms with van der Waals surface area (Å²) >= 11 is 1.89. The summed E-state index contributed by atoms with van der Waals surface area (Å²) < 4.78 is 0. The fraction of sp³-hybridized carbons (Fsp3) is 0.444. The molecule has 0 bridgehead atoms. The average molecular weight is 287 g/mol. The van der Waals surface area contributed by atoms with E-state index in [1.807, 2.05) is 11.3 Å². The Bertz CT molecular complexity index is 554. The van der Waals surface area contributed by atoms with Gasteiger partial charge >= 0.3 is 0 Å². The molecule has 1 N–H and O–H groups in total. The van der Waals surface area contributed by atoms with E-state index in [0.29, 0.717) is 6.04 Å². The second-order valence-corrected chi connectivity index (χ2v) is 7.68. The standard InChI is InChI=1S/C18H25NS/c1-13-11-17(15(3)20-13)14(2)19-12-18(4,5)16-9-7-6-8-10-16/h6-11,14,19H,12H2,1-5H3. The number of rotatable bonds is 5. The van der Waals surface area contributed by atoms with E-state index in [2.05, 4.69) is 76.3 Å². The van der Waals surface area contributed by atoms with Crippen molar-refractivity contribution in [3.63, 3.8) is 0 Å². The van der Waals surface area contributed by atoms with Gasteiger partial charge in [0, 0.05) is 27.8 Å². The van der Waals surface area contributed by atoms with Gasteiger partial charge in [0.2, 0.25) is 0 Å². The number of nitrogens with one attached hydrogen (secondary N) is 1. The van der Waals surface area contributed by atoms with E-state index in [1.165, 1.54) is 20.9 Å². The second kappa shape index (κ2) is 6.11. The minimum Gasteiger partial charge on any atom is -0.309 e. The first-order chi connectivity index (χ1) is 9.40. The van der Waals surface area contributed by atoms with Crippen LogP contribution >= 0.6 is 11.3 Å². The molecule has 0 saturated heterocycles. The predicted molar refractivity (Wildman–Crippen MR) is 89.7 cm³/mol. The first kappa shape index (κ1) is 15.3. The van der Waals surface area contributed by atoms with Crippen LogP contribution in [0.4, 0.5) is 0 Å². The Kier molecular flexibility index (Phi) is 4.66. The summed E-state index contributed by atoms with van der Waals surface area (Å²) in [6.45, 7) is 12.2. The Balaban J connectivity index is 2.03. The van der Waals surface area contributed by atoms with Crippen molar-refractivity contribution in [2.45, 2.75) is 46.1 Å². The van der Waals surface area contributed by atoms with Crippen molar-refractivity contribution >= 4 is 11.3 Å². The second-order valence-electron chi connectivity index (χ2n) is 6.22. The maximum absolute atomic E-state index is 3.70. The molecule has 2 heteroatoms. The summed E-state index contributed by atoms with van der Waals surface area (Å²) in [5.41, 5.74) is 2.98. The molecule has 0 fully saturated rings. The number of thiophene rings is 1. The van der Waals surface area contributed by atoms with Gasteiger partial charge in [0.1, 0.15) is 0 Å². The van der Waals surface area contributed by atoms with E-state index >= 15 is 0 Å². The molecule has 0 aliphatic rings. The molecule has 0 amide bonds. The van der Waals surface area contributed by atoms with Crippen molar-refractivity contribution in [3.8, 4) is 0 Å². The third kappa shape index (κ3) is 3.50. The van der Waals surface area contributed by atoms with Crippen LogP contribution in [0.1, 0.15) is 47.7 Å². The molecule has 0 aliphatic carbocycles. The third-order valence-corrected chi connectivity index (χ3v) is 4.93. The lowest BCUT2D eigenvalue weighted by Gasteiger charge is -2.28. The van der Waals surface area contributed by atoms with Gasteiger partial charge in [-0.05, 0) is 38.0 Å². The van der Waals surface area contributed by atoms with Gasteiger partial charge in [0.15, 0.2) is 0 Å². The molecule has 0 saturated carbocycles. The van der Waals surface area contributed by atoms with Crippen LogP contribution in [-0.2, 0) is 5.41 Å². The molecule has 1 nitrogen and oxygen atoms in total. The van der Waals surface area contributed by atoms with E-state index in [4.69, 9.17) is 0 Å². The van der Waals surface area contributed by atoms with Crippen LogP contribution in [0.2, 0.25) is 0 Å². The molecule has 0 radical (unpaired) electrons. The SMILES string of the molecule is Cc1cc(C(C)NCC(C)(C)c2ccccc2)c(C)s1. The number of hydrogen-bond donors (Lipinski definition) is 1. The molecule has 1 unspecified atom stereocenters. The smallest absolute Gasteiger partial charge is 0.0303 e. The van der Waals surface area contributed by atoms with E-state index < -0.39 is 0 Å². The van der Waals surface area contributed by atoms with Crippen LogP contribution in [0, 0.1) is 13.8 Å². The summed E-state index contributed by atoms with van der Waals surface area (Å²) in [7, 11) is 0. The van der Waals surface area contributed by atoms with Crippen molar-refractivity contribution < 1.29 is 0 Å². The lowest BCUT2D eigenvalue weighted by atomic mass is 9.84. The van der Waals surface area contributed by atoms with E-state index in [1.54, 1.807) is 0 Å². The lowest BCUT2D eigenvalue weighted by molar-refractivity contribution is 0.435. The highest BCUT2D eigenvalue weighted by Gasteiger charge is 2.21. The van der Waals surface area contributed by atoms with Gasteiger partial charge in [-0.1, -0.05) is 44.2 Å². The summed E-state index contributed by atoms with van der Waals surface area (Å²) in [6, 6.07) is 13.5. The normalized spacial score (nSPS) is 13.4. The van der Waals surface area contributed by atoms with Crippen molar-refractivity contribution in [3.05, 3.63) is 57.3 Å². The summed E-state index contributed by atoms with van der Waals surface area (Å²) in [6.07, 6.45) is 0. The molecular formula is C18H25NS. The highest BCUT2D eigenvalue weighted by molar-refractivity contribution is 7.12. The highest BCUT2D eigenvalue weighted by Crippen LogP contribution is 2.28. The molecule has 2 rings (SSSR count). The lowest BCUT2D eigenvalue weighted by Crippen LogP contribution is -2.34. The summed E-state index contributed by atoms with van der Waals surface area (Å²) in [5.74, 6) is 0. The minimum absolute atomic E-state index is 0.147. The maximum atomic E-state index is 3.70. The highest BCUT2D eigenvalue weighted by atomic mass is 32.1. The summed E-state index contributed by atoms with van der Waals surface area (Å²) in [5, 5.41) is 3.70. The monoisotopic (exact) mass is 287 g/mol. The van der Waals surface area contributed by atoms with Gasteiger partial charge in [-0.2, -0.15) is 0 Å². The molecule has 1 aromatic carbocycles. The maximum Gasteiger partial charge on any atom is 0.0303 e. The molecule has 0 spiro atoms. The Morgan fingerprint density at radius 3 is 2.35 bits per heavy atom. The zero-order valence-corrected chi connectivity index (χ0v) is 14.0. The van der Waals surface area contributed by atoms with Gasteiger partial charge in [-0.15, -0.1) is 11.3 Å². The zero-order valence-electron chi connectivity index (χ0n) is 13.2. The van der Waals surface area contributed by atoms with Gasteiger partial charge in [-0.3, -0.25) is 0 Å². The molecule has 20 heavy (non-hydrogen) atoms. The third-order valence-electron chi connectivity index (χ3n) is 3.95. The van der Waals surface area contributed by atoms with Gasteiger partial charge in [0.05, 0.1) is 0 Å². The van der Waals surface area contributed by atoms with Crippen molar-refractivity contribution in [1.29, 1.82) is 0 Å². The minimum atomic E-state index is 0.147. The molecule has 108 valence electrons.